The van der Waals surface area contributed by atoms with E-state index < -0.39 is 17.8 Å². The van der Waals surface area contributed by atoms with E-state index in [4.69, 9.17) is 14.2 Å². The van der Waals surface area contributed by atoms with Gasteiger partial charge in [0.15, 0.2) is 11.0 Å². The van der Waals surface area contributed by atoms with Crippen molar-refractivity contribution in [1.82, 2.24) is 20.1 Å². The molecule has 0 aliphatic heterocycles. The van der Waals surface area contributed by atoms with Crippen LogP contribution in [-0.4, -0.2) is 64.6 Å². The van der Waals surface area contributed by atoms with Gasteiger partial charge in [0.25, 0.3) is 0 Å². The Morgan fingerprint density at radius 3 is 2.26 bits per heavy atom. The number of carbonyl (C=O) groups is 4. The van der Waals surface area contributed by atoms with E-state index in [-0.39, 0.29) is 53.3 Å². The summed E-state index contributed by atoms with van der Waals surface area (Å²) in [7, 11) is 1.59. The van der Waals surface area contributed by atoms with Crippen molar-refractivity contribution in [2.24, 2.45) is 0 Å². The van der Waals surface area contributed by atoms with Gasteiger partial charge in [-0.2, -0.15) is 0 Å². The lowest BCUT2D eigenvalue weighted by Gasteiger charge is -2.11. The number of esters is 2. The molecule has 4 aromatic rings. The van der Waals surface area contributed by atoms with E-state index in [9.17, 15) is 19.2 Å². The smallest absolute Gasteiger partial charge is 0.348 e. The van der Waals surface area contributed by atoms with Crippen molar-refractivity contribution in [2.75, 3.05) is 31.4 Å². The molecule has 0 saturated carbocycles. The fraction of sp³-hybridized carbons (Fsp3) is 0.312. The van der Waals surface area contributed by atoms with Crippen molar-refractivity contribution in [3.8, 4) is 5.75 Å². The quantitative estimate of drug-likeness (QED) is 0.136. The zero-order valence-corrected chi connectivity index (χ0v) is 27.6. The molecule has 0 saturated heterocycles. The first-order valence-corrected chi connectivity index (χ1v) is 16.3. The Balaban J connectivity index is 1.47. The van der Waals surface area contributed by atoms with Gasteiger partial charge in [-0.15, -0.1) is 21.5 Å². The van der Waals surface area contributed by atoms with E-state index in [1.165, 1.54) is 0 Å². The van der Waals surface area contributed by atoms with Crippen molar-refractivity contribution in [2.45, 2.75) is 45.4 Å². The second-order valence-electron chi connectivity index (χ2n) is 9.81. The van der Waals surface area contributed by atoms with Gasteiger partial charge in [0.05, 0.1) is 51.2 Å². The third-order valence-electron chi connectivity index (χ3n) is 6.62. The summed E-state index contributed by atoms with van der Waals surface area (Å²) in [6, 6.07) is 17.0. The molecule has 2 aromatic heterocycles. The Labute approximate surface area is 274 Å². The Morgan fingerprint density at radius 1 is 0.891 bits per heavy atom. The summed E-state index contributed by atoms with van der Waals surface area (Å²) in [5, 5.41) is 14.9. The van der Waals surface area contributed by atoms with Crippen LogP contribution in [0.5, 0.6) is 5.75 Å². The normalized spacial score (nSPS) is 10.7. The third kappa shape index (κ3) is 8.95. The monoisotopic (exact) mass is 665 g/mol. The fourth-order valence-electron chi connectivity index (χ4n) is 4.38. The number of hydrogen-bond donors (Lipinski definition) is 2. The lowest BCUT2D eigenvalue weighted by Crippen LogP contribution is -2.26. The molecule has 0 unspecified atom stereocenters. The molecule has 2 aromatic carbocycles. The van der Waals surface area contributed by atoms with Crippen molar-refractivity contribution in [3.05, 3.63) is 87.6 Å². The first-order valence-electron chi connectivity index (χ1n) is 14.5. The number of amides is 2. The second kappa shape index (κ2) is 16.6. The number of methoxy groups -OCH3 is 1. The Morgan fingerprint density at radius 2 is 1.59 bits per heavy atom. The Hall–Kier alpha value is -4.69. The SMILES string of the molecule is CCOC(=O)c1sc(NC(=O)CSc2nnc(CNC(=O)Cc3ccc(OC)cc3)n2Cc2ccccc2)c(C(=O)OCC)c1C. The summed E-state index contributed by atoms with van der Waals surface area (Å²) in [4.78, 5) is 51.2. The van der Waals surface area contributed by atoms with Crippen molar-refractivity contribution in [3.63, 3.8) is 0 Å². The minimum atomic E-state index is -0.643. The summed E-state index contributed by atoms with van der Waals surface area (Å²) in [6.07, 6.45) is 0.187. The van der Waals surface area contributed by atoms with Gasteiger partial charge >= 0.3 is 11.9 Å². The number of nitrogens with zero attached hydrogens (tertiary/aromatic N) is 3. The van der Waals surface area contributed by atoms with Gasteiger partial charge in [-0.25, -0.2) is 9.59 Å². The molecular formula is C32H35N5O7S2. The van der Waals surface area contributed by atoms with Crippen LogP contribution in [0.1, 0.15) is 56.4 Å². The predicted octanol–water partition coefficient (Wildman–Crippen LogP) is 4.65. The molecular weight excluding hydrogens is 631 g/mol. The lowest BCUT2D eigenvalue weighted by atomic mass is 10.1. The van der Waals surface area contributed by atoms with Crippen LogP contribution < -0.4 is 15.4 Å². The van der Waals surface area contributed by atoms with Crippen LogP contribution in [0, 0.1) is 6.92 Å². The molecule has 2 heterocycles. The van der Waals surface area contributed by atoms with Crippen LogP contribution in [0.2, 0.25) is 0 Å². The molecule has 14 heteroatoms. The van der Waals surface area contributed by atoms with Crippen LogP contribution in [0.25, 0.3) is 0 Å². The number of nitrogens with one attached hydrogen (secondary N) is 2. The number of rotatable bonds is 15. The van der Waals surface area contributed by atoms with E-state index in [1.54, 1.807) is 40.0 Å². The van der Waals surface area contributed by atoms with E-state index in [2.05, 4.69) is 20.8 Å². The lowest BCUT2D eigenvalue weighted by molar-refractivity contribution is -0.120. The van der Waals surface area contributed by atoms with Crippen molar-refractivity contribution < 1.29 is 33.4 Å². The highest BCUT2D eigenvalue weighted by Gasteiger charge is 2.27. The van der Waals surface area contributed by atoms with E-state index >= 15 is 0 Å². The van der Waals surface area contributed by atoms with Gasteiger partial charge in [0, 0.05) is 0 Å². The molecule has 0 aliphatic rings. The number of benzene rings is 2. The third-order valence-corrected chi connectivity index (χ3v) is 8.77. The van der Waals surface area contributed by atoms with E-state index in [1.807, 2.05) is 47.0 Å². The molecule has 0 radical (unpaired) electrons. The maximum atomic E-state index is 13.1. The predicted molar refractivity (Wildman–Crippen MR) is 174 cm³/mol. The molecule has 0 spiro atoms. The Kier molecular flexibility index (Phi) is 12.3. The summed E-state index contributed by atoms with van der Waals surface area (Å²) < 4.78 is 17.3. The van der Waals surface area contributed by atoms with Gasteiger partial charge in [-0.1, -0.05) is 54.2 Å². The molecule has 46 heavy (non-hydrogen) atoms. The minimum Gasteiger partial charge on any atom is -0.497 e. The first-order chi connectivity index (χ1) is 22.2. The highest BCUT2D eigenvalue weighted by atomic mass is 32.2. The fourth-order valence-corrected chi connectivity index (χ4v) is 6.25. The summed E-state index contributed by atoms with van der Waals surface area (Å²) in [5.41, 5.74) is 2.33. The summed E-state index contributed by atoms with van der Waals surface area (Å²) >= 11 is 2.12. The number of ether oxygens (including phenoxy) is 3. The van der Waals surface area contributed by atoms with Gasteiger partial charge < -0.3 is 29.4 Å². The summed E-state index contributed by atoms with van der Waals surface area (Å²) in [6.45, 7) is 5.83. The zero-order chi connectivity index (χ0) is 33.1. The van der Waals surface area contributed by atoms with Crippen LogP contribution in [-0.2, 0) is 38.6 Å². The molecule has 242 valence electrons. The van der Waals surface area contributed by atoms with Crippen LogP contribution >= 0.6 is 23.1 Å². The maximum Gasteiger partial charge on any atom is 0.348 e. The number of aromatic nitrogens is 3. The molecule has 0 atom stereocenters. The molecule has 0 bridgehead atoms. The van der Waals surface area contributed by atoms with E-state index in [0.29, 0.717) is 28.8 Å². The van der Waals surface area contributed by atoms with Crippen LogP contribution in [0.3, 0.4) is 0 Å². The molecule has 12 nitrogen and oxygen atoms in total. The first kappa shape index (κ1) is 34.2. The number of anilines is 1. The maximum absolute atomic E-state index is 13.1. The highest BCUT2D eigenvalue weighted by molar-refractivity contribution is 7.99. The summed E-state index contributed by atoms with van der Waals surface area (Å²) in [5.74, 6) is -0.658. The molecule has 2 N–H and O–H groups in total. The van der Waals surface area contributed by atoms with Gasteiger partial charge in [0.1, 0.15) is 15.6 Å². The minimum absolute atomic E-state index is 0.0648. The van der Waals surface area contributed by atoms with Crippen LogP contribution in [0.15, 0.2) is 59.8 Å². The average Bonchev–Trinajstić information content (AvgIpc) is 3.59. The number of thiophene rings is 1. The van der Waals surface area contributed by atoms with Crippen molar-refractivity contribution >= 4 is 51.9 Å². The second-order valence-corrected chi connectivity index (χ2v) is 11.8. The van der Waals surface area contributed by atoms with Crippen LogP contribution in [0.4, 0.5) is 5.00 Å². The van der Waals surface area contributed by atoms with E-state index in [0.717, 1.165) is 34.2 Å². The standard InChI is InChI=1S/C32H35N5O7S2/c1-5-43-30(40)27-20(3)28(31(41)44-6-2)46-29(27)34-26(39)19-45-32-36-35-24(37(32)18-22-10-8-7-9-11-22)17-33-25(38)16-21-12-14-23(42-4)15-13-21/h7-15H,5-6,16-19H2,1-4H3,(H,33,38)(H,34,39). The highest BCUT2D eigenvalue weighted by Crippen LogP contribution is 2.34. The van der Waals surface area contributed by atoms with Gasteiger partial charge in [-0.05, 0) is 49.6 Å². The zero-order valence-electron chi connectivity index (χ0n) is 26.0. The van der Waals surface area contributed by atoms with Crippen molar-refractivity contribution in [1.29, 1.82) is 0 Å². The largest absolute Gasteiger partial charge is 0.497 e. The molecule has 4 rings (SSSR count). The Bertz CT molecular complexity index is 1670. The molecule has 0 aliphatic carbocycles. The number of hydrogen-bond acceptors (Lipinski definition) is 11. The topological polar surface area (TPSA) is 151 Å². The van der Waals surface area contributed by atoms with Gasteiger partial charge in [0.2, 0.25) is 11.8 Å². The molecule has 0 fully saturated rings. The number of thioether (sulfide) groups is 1. The number of carbonyl (C=O) groups excluding carboxylic acids is 4. The molecule has 2 amide bonds. The average molecular weight is 666 g/mol. The van der Waals surface area contributed by atoms with Gasteiger partial charge in [-0.3, -0.25) is 9.59 Å².